The van der Waals surface area contributed by atoms with Crippen molar-refractivity contribution in [3.8, 4) is 0 Å². The molecule has 1 fully saturated rings. The molecule has 1 saturated heterocycles. The van der Waals surface area contributed by atoms with Gasteiger partial charge in [-0.3, -0.25) is 14.4 Å². The van der Waals surface area contributed by atoms with Crippen LogP contribution in [0.4, 0.5) is 0 Å². The number of piperidine rings is 1. The maximum absolute atomic E-state index is 13.2. The van der Waals surface area contributed by atoms with Crippen molar-refractivity contribution in [1.29, 1.82) is 0 Å². The van der Waals surface area contributed by atoms with E-state index >= 15 is 0 Å². The summed E-state index contributed by atoms with van der Waals surface area (Å²) >= 11 is 0. The van der Waals surface area contributed by atoms with Crippen molar-refractivity contribution in [3.63, 3.8) is 0 Å². The number of hydrogen-bond acceptors (Lipinski definition) is 5. The highest BCUT2D eigenvalue weighted by Crippen LogP contribution is 2.46. The van der Waals surface area contributed by atoms with Gasteiger partial charge in [-0.1, -0.05) is 46.8 Å². The lowest BCUT2D eigenvalue weighted by Gasteiger charge is -2.42. The average molecular weight is 480 g/mol. The van der Waals surface area contributed by atoms with E-state index in [1.54, 1.807) is 13.0 Å². The van der Waals surface area contributed by atoms with E-state index in [0.29, 0.717) is 6.42 Å². The highest BCUT2D eigenvalue weighted by atomic mass is 16.5. The number of methoxy groups -OCH3 is 1. The summed E-state index contributed by atoms with van der Waals surface area (Å²) in [7, 11) is 1.25. The number of rotatable bonds is 4. The highest BCUT2D eigenvalue weighted by molar-refractivity contribution is 6.02. The minimum atomic E-state index is -0.951. The minimum absolute atomic E-state index is 0.0134. The summed E-state index contributed by atoms with van der Waals surface area (Å²) in [5.41, 5.74) is 5.54. The van der Waals surface area contributed by atoms with Crippen molar-refractivity contribution >= 4 is 17.7 Å². The Bertz CT molecular complexity index is 1170. The lowest BCUT2D eigenvalue weighted by Crippen LogP contribution is -2.51. The number of carbonyl (C=O) groups is 3. The third kappa shape index (κ3) is 4.67. The average Bonchev–Trinajstić information content (AvgIpc) is 3.27. The Morgan fingerprint density at radius 1 is 1.06 bits per heavy atom. The van der Waals surface area contributed by atoms with Crippen LogP contribution in [-0.2, 0) is 31.6 Å². The van der Waals surface area contributed by atoms with Crippen molar-refractivity contribution in [2.45, 2.75) is 71.6 Å². The Kier molecular flexibility index (Phi) is 6.45. The zero-order chi connectivity index (χ0) is 25.7. The molecule has 2 heterocycles. The second-order valence-electron chi connectivity index (χ2n) is 11.6. The number of amides is 1. The van der Waals surface area contributed by atoms with Crippen molar-refractivity contribution in [1.82, 2.24) is 4.90 Å². The number of furan rings is 1. The van der Waals surface area contributed by atoms with Gasteiger partial charge in [-0.05, 0) is 65.0 Å². The van der Waals surface area contributed by atoms with Crippen LogP contribution >= 0.6 is 0 Å². The molecule has 35 heavy (non-hydrogen) atoms. The molecule has 1 aromatic heterocycles. The summed E-state index contributed by atoms with van der Waals surface area (Å²) in [4.78, 5) is 39.1. The standard InChI is InChI=1S/C29H37NO5/c1-17-12-22-23(29(5,6)11-10-28(22,3)4)14-19(17)13-20-8-9-24(35-20)26(32)30-15-18(2)25(31)21(16-30)27(33)34-7/h8-9,12,14,18,21H,10-11,13,15-16H2,1-7H3. The van der Waals surface area contributed by atoms with Gasteiger partial charge in [0.15, 0.2) is 11.5 Å². The number of hydrogen-bond donors (Lipinski definition) is 0. The number of aryl methyl sites for hydroxylation is 1. The fraction of sp³-hybridized carbons (Fsp3) is 0.552. The Hall–Kier alpha value is -2.89. The predicted octanol–water partition coefficient (Wildman–Crippen LogP) is 4.98. The maximum Gasteiger partial charge on any atom is 0.318 e. The fourth-order valence-corrected chi connectivity index (χ4v) is 5.54. The molecule has 1 amide bonds. The number of carbonyl (C=O) groups excluding carboxylic acids is 3. The quantitative estimate of drug-likeness (QED) is 0.457. The molecule has 6 heteroatoms. The number of likely N-dealkylation sites (tertiary alicyclic amines) is 1. The van der Waals surface area contributed by atoms with Gasteiger partial charge in [-0.2, -0.15) is 0 Å². The van der Waals surface area contributed by atoms with Crippen molar-refractivity contribution in [2.24, 2.45) is 11.8 Å². The first-order chi connectivity index (χ1) is 16.3. The summed E-state index contributed by atoms with van der Waals surface area (Å²) in [6.45, 7) is 13.4. The number of nitrogens with zero attached hydrogens (tertiary/aromatic N) is 1. The lowest BCUT2D eigenvalue weighted by molar-refractivity contribution is -0.152. The highest BCUT2D eigenvalue weighted by Gasteiger charge is 2.41. The third-order valence-corrected chi connectivity index (χ3v) is 8.05. The summed E-state index contributed by atoms with van der Waals surface area (Å²) in [5.74, 6) is -1.54. The predicted molar refractivity (Wildman–Crippen MR) is 134 cm³/mol. The molecule has 2 unspecified atom stereocenters. The number of esters is 1. The SMILES string of the molecule is COC(=O)C1CN(C(=O)c2ccc(Cc3cc4c(cc3C)C(C)(C)CCC4(C)C)o2)CC(C)C1=O. The zero-order valence-corrected chi connectivity index (χ0v) is 22.0. The minimum Gasteiger partial charge on any atom is -0.468 e. The van der Waals surface area contributed by atoms with Crippen LogP contribution in [0.3, 0.4) is 0 Å². The van der Waals surface area contributed by atoms with Crippen LogP contribution in [0.2, 0.25) is 0 Å². The number of Topliss-reactive ketones (excluding diaryl/α,β-unsaturated/α-hetero) is 1. The summed E-state index contributed by atoms with van der Waals surface area (Å²) in [6, 6.07) is 8.19. The summed E-state index contributed by atoms with van der Waals surface area (Å²) < 4.78 is 10.8. The van der Waals surface area contributed by atoms with Gasteiger partial charge in [0.2, 0.25) is 0 Å². The van der Waals surface area contributed by atoms with Crippen molar-refractivity contribution in [2.75, 3.05) is 20.2 Å². The van der Waals surface area contributed by atoms with Gasteiger partial charge in [-0.15, -0.1) is 0 Å². The Balaban J connectivity index is 1.56. The topological polar surface area (TPSA) is 76.8 Å². The first-order valence-electron chi connectivity index (χ1n) is 12.5. The van der Waals surface area contributed by atoms with Gasteiger partial charge >= 0.3 is 5.97 Å². The fourth-order valence-electron chi connectivity index (χ4n) is 5.54. The number of ketones is 1. The molecule has 0 bridgehead atoms. The summed E-state index contributed by atoms with van der Waals surface area (Å²) in [6.07, 6.45) is 2.92. The van der Waals surface area contributed by atoms with Gasteiger partial charge in [0.25, 0.3) is 5.91 Å². The smallest absolute Gasteiger partial charge is 0.318 e. The Labute approximate surface area is 208 Å². The molecule has 4 rings (SSSR count). The van der Waals surface area contributed by atoms with Gasteiger partial charge in [0, 0.05) is 25.4 Å². The van der Waals surface area contributed by atoms with E-state index in [0.717, 1.165) is 12.2 Å². The molecule has 2 atom stereocenters. The third-order valence-electron chi connectivity index (χ3n) is 8.05. The first-order valence-corrected chi connectivity index (χ1v) is 12.5. The number of fused-ring (bicyclic) bond motifs is 1. The molecule has 2 aromatic rings. The van der Waals surface area contributed by atoms with E-state index in [4.69, 9.17) is 9.15 Å². The van der Waals surface area contributed by atoms with Crippen LogP contribution in [0.1, 0.15) is 86.0 Å². The normalized spacial score (nSPS) is 23.1. The van der Waals surface area contributed by atoms with Crippen LogP contribution in [0.5, 0.6) is 0 Å². The van der Waals surface area contributed by atoms with Crippen LogP contribution in [0.15, 0.2) is 28.7 Å². The second kappa shape index (κ2) is 8.96. The van der Waals surface area contributed by atoms with E-state index < -0.39 is 17.8 Å². The number of ether oxygens (including phenoxy) is 1. The Morgan fingerprint density at radius 2 is 1.69 bits per heavy atom. The first kappa shape index (κ1) is 25.2. The van der Waals surface area contributed by atoms with Gasteiger partial charge in [0.05, 0.1) is 7.11 Å². The summed E-state index contributed by atoms with van der Waals surface area (Å²) in [5, 5.41) is 0. The molecule has 0 saturated carbocycles. The molecular weight excluding hydrogens is 442 g/mol. The van der Waals surface area contributed by atoms with Gasteiger partial charge < -0.3 is 14.1 Å². The van der Waals surface area contributed by atoms with Gasteiger partial charge in [0.1, 0.15) is 11.7 Å². The molecule has 1 aromatic carbocycles. The van der Waals surface area contributed by atoms with E-state index in [1.807, 2.05) is 6.07 Å². The molecule has 0 spiro atoms. The van der Waals surface area contributed by atoms with Gasteiger partial charge in [-0.25, -0.2) is 0 Å². The van der Waals surface area contributed by atoms with E-state index in [2.05, 4.69) is 46.8 Å². The largest absolute Gasteiger partial charge is 0.468 e. The van der Waals surface area contributed by atoms with Crippen LogP contribution < -0.4 is 0 Å². The lowest BCUT2D eigenvalue weighted by atomic mass is 9.62. The van der Waals surface area contributed by atoms with Crippen molar-refractivity contribution in [3.05, 3.63) is 58.0 Å². The second-order valence-corrected chi connectivity index (χ2v) is 11.6. The molecule has 188 valence electrons. The van der Waals surface area contributed by atoms with Crippen molar-refractivity contribution < 1.29 is 23.5 Å². The maximum atomic E-state index is 13.2. The molecule has 2 aliphatic rings. The van der Waals surface area contributed by atoms with E-state index in [-0.39, 0.29) is 41.4 Å². The Morgan fingerprint density at radius 3 is 2.31 bits per heavy atom. The van der Waals surface area contributed by atoms with E-state index in [1.165, 1.54) is 40.7 Å². The van der Waals surface area contributed by atoms with Crippen LogP contribution in [0.25, 0.3) is 0 Å². The van der Waals surface area contributed by atoms with Crippen LogP contribution in [0, 0.1) is 18.8 Å². The zero-order valence-electron chi connectivity index (χ0n) is 22.0. The van der Waals surface area contributed by atoms with Crippen LogP contribution in [-0.4, -0.2) is 42.8 Å². The number of benzene rings is 1. The molecule has 0 N–H and O–H groups in total. The monoisotopic (exact) mass is 479 g/mol. The molecule has 1 aliphatic carbocycles. The molecule has 6 nitrogen and oxygen atoms in total. The molecule has 1 aliphatic heterocycles. The molecular formula is C29H37NO5. The molecule has 0 radical (unpaired) electrons. The van der Waals surface area contributed by atoms with E-state index in [9.17, 15) is 14.4 Å².